The van der Waals surface area contributed by atoms with E-state index >= 15 is 0 Å². The second kappa shape index (κ2) is 13.5. The van der Waals surface area contributed by atoms with Gasteiger partial charge in [0.05, 0.1) is 36.6 Å². The molecule has 5 rings (SSSR count). The fourth-order valence-corrected chi connectivity index (χ4v) is 7.20. The van der Waals surface area contributed by atoms with Crippen LogP contribution in [0.25, 0.3) is 6.08 Å². The zero-order chi connectivity index (χ0) is 33.3. The number of aromatic nitrogens is 1. The van der Waals surface area contributed by atoms with E-state index in [1.165, 1.54) is 49.4 Å². The van der Waals surface area contributed by atoms with Crippen LogP contribution in [0.15, 0.2) is 90.7 Å². The summed E-state index contributed by atoms with van der Waals surface area (Å²) >= 11 is 13.7. The first-order chi connectivity index (χ1) is 21.8. The average molecular weight is 802 g/mol. The average Bonchev–Trinajstić information content (AvgIpc) is 3.30. The highest BCUT2D eigenvalue weighted by Crippen LogP contribution is 2.39. The predicted molar refractivity (Wildman–Crippen MR) is 172 cm³/mol. The number of esters is 1. The van der Waals surface area contributed by atoms with Gasteiger partial charge in [-0.05, 0) is 97.9 Å². The number of non-ortho nitro benzene ring substituents is 1. The number of thiazole rings is 1. The fourth-order valence-electron chi connectivity index (χ4n) is 4.62. The molecule has 0 amide bonds. The third kappa shape index (κ3) is 6.97. The number of nitro benzene ring substituents is 1. The van der Waals surface area contributed by atoms with Crippen LogP contribution in [0.1, 0.15) is 29.7 Å². The molecule has 9 nitrogen and oxygen atoms in total. The van der Waals surface area contributed by atoms with Crippen LogP contribution in [0.5, 0.6) is 5.75 Å². The molecule has 0 aliphatic carbocycles. The molecule has 1 aliphatic rings. The fraction of sp³-hybridized carbons (Fsp3) is 0.167. The van der Waals surface area contributed by atoms with E-state index in [1.807, 2.05) is 0 Å². The summed E-state index contributed by atoms with van der Waals surface area (Å²) < 4.78 is 55.9. The number of halogens is 6. The van der Waals surface area contributed by atoms with E-state index in [1.54, 1.807) is 24.3 Å². The highest BCUT2D eigenvalue weighted by Gasteiger charge is 2.45. The van der Waals surface area contributed by atoms with Crippen molar-refractivity contribution in [1.29, 1.82) is 0 Å². The van der Waals surface area contributed by atoms with Crippen molar-refractivity contribution in [1.82, 2.24) is 4.57 Å². The molecule has 4 aromatic rings. The molecule has 16 heteroatoms. The summed E-state index contributed by atoms with van der Waals surface area (Å²) in [7, 11) is 0. The van der Waals surface area contributed by atoms with E-state index in [9.17, 15) is 32.9 Å². The number of nitro groups is 1. The van der Waals surface area contributed by atoms with Crippen LogP contribution in [-0.4, -0.2) is 28.2 Å². The van der Waals surface area contributed by atoms with Crippen molar-refractivity contribution in [2.24, 2.45) is 4.99 Å². The van der Waals surface area contributed by atoms with Crippen molar-refractivity contribution in [3.63, 3.8) is 0 Å². The summed E-state index contributed by atoms with van der Waals surface area (Å²) in [6.45, 7) is 1.37. The van der Waals surface area contributed by atoms with Crippen LogP contribution in [0.2, 0.25) is 5.02 Å². The van der Waals surface area contributed by atoms with Gasteiger partial charge < -0.3 is 9.47 Å². The van der Waals surface area contributed by atoms with Crippen molar-refractivity contribution >= 4 is 72.5 Å². The lowest BCUT2D eigenvalue weighted by atomic mass is 9.95. The molecule has 0 saturated heterocycles. The quantitative estimate of drug-likeness (QED) is 0.108. The summed E-state index contributed by atoms with van der Waals surface area (Å²) in [5.74, 6) is -0.835. The number of alkyl halides is 3. The van der Waals surface area contributed by atoms with Crippen LogP contribution in [0.3, 0.4) is 0 Å². The molecule has 0 spiro atoms. The molecule has 1 aromatic heterocycles. The lowest BCUT2D eigenvalue weighted by molar-refractivity contribution is -0.384. The number of hydrogen-bond donors (Lipinski definition) is 0. The number of carbonyl (C=O) groups excluding carboxylic acids is 1. The molecule has 0 saturated carbocycles. The zero-order valence-electron chi connectivity index (χ0n) is 23.3. The number of nitrogens with zero attached hydrogens (tertiary/aromatic N) is 3. The molecule has 0 N–H and O–H groups in total. The molecule has 1 aliphatic heterocycles. The Balaban J connectivity index is 1.57. The molecule has 0 bridgehead atoms. The van der Waals surface area contributed by atoms with Crippen LogP contribution >= 0.6 is 54.8 Å². The molecular weight excluding hydrogens is 783 g/mol. The number of rotatable bonds is 8. The molecule has 0 fully saturated rings. The van der Waals surface area contributed by atoms with Gasteiger partial charge >= 0.3 is 12.1 Å². The van der Waals surface area contributed by atoms with Gasteiger partial charge in [-0.25, -0.2) is 9.79 Å². The number of allylic oxidation sites excluding steroid dienone is 1. The number of ether oxygens (including phenoxy) is 2. The second-order valence-electron chi connectivity index (χ2n) is 9.64. The van der Waals surface area contributed by atoms with Crippen molar-refractivity contribution in [2.75, 3.05) is 6.61 Å². The minimum atomic E-state index is -5.03. The van der Waals surface area contributed by atoms with E-state index in [0.29, 0.717) is 30.8 Å². The number of hydrogen-bond acceptors (Lipinski definition) is 8. The van der Waals surface area contributed by atoms with Crippen molar-refractivity contribution in [3.8, 4) is 5.75 Å². The second-order valence-corrected chi connectivity index (χ2v) is 12.8. The van der Waals surface area contributed by atoms with Crippen LogP contribution < -0.4 is 19.6 Å². The predicted octanol–water partition coefficient (Wildman–Crippen LogP) is 7.01. The Morgan fingerprint density at radius 2 is 1.76 bits per heavy atom. The molecule has 0 unspecified atom stereocenters. The Kier molecular flexibility index (Phi) is 9.86. The lowest BCUT2D eigenvalue weighted by Gasteiger charge is -2.26. The summed E-state index contributed by atoms with van der Waals surface area (Å²) in [5.41, 5.74) is -1.59. The van der Waals surface area contributed by atoms with E-state index in [0.717, 1.165) is 15.9 Å². The van der Waals surface area contributed by atoms with Crippen molar-refractivity contribution in [3.05, 3.63) is 132 Å². The van der Waals surface area contributed by atoms with Gasteiger partial charge in [-0.3, -0.25) is 19.5 Å². The van der Waals surface area contributed by atoms with Crippen molar-refractivity contribution < 1.29 is 32.4 Å². The van der Waals surface area contributed by atoms with Gasteiger partial charge in [0.2, 0.25) is 0 Å². The highest BCUT2D eigenvalue weighted by atomic mass is 79.9. The first kappa shape index (κ1) is 33.6. The molecule has 3 aromatic carbocycles. The smallest absolute Gasteiger partial charge is 0.434 e. The third-order valence-electron chi connectivity index (χ3n) is 6.63. The van der Waals surface area contributed by atoms with Gasteiger partial charge in [0, 0.05) is 17.2 Å². The Bertz CT molecular complexity index is 2040. The van der Waals surface area contributed by atoms with Gasteiger partial charge in [0.25, 0.3) is 11.2 Å². The third-order valence-corrected chi connectivity index (χ3v) is 9.04. The van der Waals surface area contributed by atoms with E-state index in [-0.39, 0.29) is 33.8 Å². The summed E-state index contributed by atoms with van der Waals surface area (Å²) in [6, 6.07) is 13.5. The molecule has 2 heterocycles. The Morgan fingerprint density at radius 1 is 1.13 bits per heavy atom. The van der Waals surface area contributed by atoms with Crippen LogP contribution in [0, 0.1) is 10.1 Å². The molecule has 1 atom stereocenters. The van der Waals surface area contributed by atoms with E-state index in [2.05, 4.69) is 36.9 Å². The maximum atomic E-state index is 14.3. The summed E-state index contributed by atoms with van der Waals surface area (Å²) in [4.78, 5) is 40.7. The minimum absolute atomic E-state index is 0.0491. The maximum Gasteiger partial charge on any atom is 0.434 e. The minimum Gasteiger partial charge on any atom is -0.487 e. The Labute approximate surface area is 283 Å². The Morgan fingerprint density at radius 3 is 2.33 bits per heavy atom. The number of fused-ring (bicyclic) bond motifs is 1. The van der Waals surface area contributed by atoms with Gasteiger partial charge in [-0.1, -0.05) is 35.1 Å². The first-order valence-corrected chi connectivity index (χ1v) is 16.0. The van der Waals surface area contributed by atoms with Gasteiger partial charge in [-0.2, -0.15) is 13.2 Å². The van der Waals surface area contributed by atoms with Gasteiger partial charge in [0.15, 0.2) is 10.5 Å². The molecule has 46 heavy (non-hydrogen) atoms. The summed E-state index contributed by atoms with van der Waals surface area (Å²) in [5, 5.41) is 11.2. The molecular formula is C30H19Br2ClF3N3O6S. The largest absolute Gasteiger partial charge is 0.487 e. The lowest BCUT2D eigenvalue weighted by Crippen LogP contribution is -2.41. The topological polar surface area (TPSA) is 113 Å². The first-order valence-electron chi connectivity index (χ1n) is 13.2. The zero-order valence-corrected chi connectivity index (χ0v) is 28.1. The van der Waals surface area contributed by atoms with E-state index in [4.69, 9.17) is 21.1 Å². The van der Waals surface area contributed by atoms with Crippen molar-refractivity contribution in [2.45, 2.75) is 25.7 Å². The monoisotopic (exact) mass is 799 g/mol. The van der Waals surface area contributed by atoms with E-state index < -0.39 is 39.9 Å². The normalized spacial score (nSPS) is 14.9. The van der Waals surface area contributed by atoms with Gasteiger partial charge in [-0.15, -0.1) is 0 Å². The maximum absolute atomic E-state index is 14.3. The summed E-state index contributed by atoms with van der Waals surface area (Å²) in [6.07, 6.45) is -3.54. The number of benzene rings is 3. The Hall–Kier alpha value is -3.79. The highest BCUT2D eigenvalue weighted by molar-refractivity contribution is 9.11. The SMILES string of the molecule is CCOC(=O)C1=C(C(F)(F)F)N=c2s/c(=C\c3cc(Br)c(OCc4ccc([N+](=O)[O-])cc4)c(Br)c3)c(=O)n2[C@@H]1c1ccc(Cl)cc1. The number of carbonyl (C=O) groups is 1. The molecule has 238 valence electrons. The van der Waals surface area contributed by atoms with Crippen LogP contribution in [-0.2, 0) is 16.1 Å². The van der Waals surface area contributed by atoms with Gasteiger partial charge in [0.1, 0.15) is 12.4 Å². The van der Waals surface area contributed by atoms with Crippen LogP contribution in [0.4, 0.5) is 18.9 Å². The standard InChI is InChI=1S/C30H19Br2ClF3N3O6S/c1-2-44-28(41)23-24(17-5-7-18(33)8-6-17)38-27(40)22(46-29(38)37-26(23)30(34,35)36)13-16-11-20(31)25(21(32)12-16)45-14-15-3-9-19(10-4-15)39(42)43/h3-13,24H,2,14H2,1H3/b22-13-/t24-/m1/s1. The molecule has 0 radical (unpaired) electrons.